The van der Waals surface area contributed by atoms with Crippen molar-refractivity contribution in [1.82, 2.24) is 15.1 Å². The molecule has 0 bridgehead atoms. The minimum absolute atomic E-state index is 0.0921. The Bertz CT molecular complexity index is 1900. The quantitative estimate of drug-likeness (QED) is 0.301. The Balaban J connectivity index is 1.05. The Morgan fingerprint density at radius 3 is 1.63 bits per heavy atom. The Morgan fingerprint density at radius 2 is 1.17 bits per heavy atom. The minimum atomic E-state index is -0.101. The first-order chi connectivity index (χ1) is 25.3. The third kappa shape index (κ3) is 6.38. The van der Waals surface area contributed by atoms with Gasteiger partial charge in [0.25, 0.3) is 11.8 Å². The summed E-state index contributed by atoms with van der Waals surface area (Å²) in [5.41, 5.74) is 7.05. The van der Waals surface area contributed by atoms with Gasteiger partial charge in [-0.3, -0.25) is 19.6 Å². The molecule has 3 aromatic carbocycles. The molecule has 12 heteroatoms. The normalized spacial score (nSPS) is 20.6. The molecule has 3 aromatic rings. The molecule has 3 fully saturated rings. The Kier molecular flexibility index (Phi) is 8.92. The van der Waals surface area contributed by atoms with Crippen molar-refractivity contribution in [2.45, 2.75) is 38.1 Å². The molecule has 8 rings (SSSR count). The molecule has 0 spiro atoms. The van der Waals surface area contributed by atoms with Gasteiger partial charge in [-0.25, -0.2) is 0 Å². The second-order valence-corrected chi connectivity index (χ2v) is 13.8. The summed E-state index contributed by atoms with van der Waals surface area (Å²) in [7, 11) is 3.14. The number of hydrogen-bond acceptors (Lipinski definition) is 10. The lowest BCUT2D eigenvalue weighted by molar-refractivity contribution is 0.0769. The second kappa shape index (κ2) is 13.8. The van der Waals surface area contributed by atoms with Crippen molar-refractivity contribution in [3.05, 3.63) is 89.0 Å². The molecular formula is C40H42N6O6. The second-order valence-electron chi connectivity index (χ2n) is 13.8. The third-order valence-electron chi connectivity index (χ3n) is 10.2. The number of amides is 2. The van der Waals surface area contributed by atoms with Crippen LogP contribution < -0.4 is 29.2 Å². The number of fused-ring (bicyclic) bond motifs is 4. The fourth-order valence-corrected chi connectivity index (χ4v) is 7.55. The van der Waals surface area contributed by atoms with Gasteiger partial charge in [0.2, 0.25) is 0 Å². The standard InChI is InChI=1S/C40H42N6O6/c1-24-9-29-18-42-33-16-37(35(49-3)14-31(33)39(47)45(29)20-24)51-22-26-11-27(13-28(12-26)44-7-5-41-6-8-44)23-52-38-17-34-32(15-36(38)50-4)40(48)46-21-25(2)10-30(46)19-43-34/h11-19,29-30,41H,1-2,5-10,20-23H2,3-4H3/t29-,30-/m0/s1. The lowest BCUT2D eigenvalue weighted by Crippen LogP contribution is -2.43. The summed E-state index contributed by atoms with van der Waals surface area (Å²) >= 11 is 0. The summed E-state index contributed by atoms with van der Waals surface area (Å²) in [4.78, 5) is 42.2. The summed E-state index contributed by atoms with van der Waals surface area (Å²) in [6.07, 6.45) is 5.07. The molecule has 5 heterocycles. The molecule has 0 unspecified atom stereocenters. The van der Waals surface area contributed by atoms with E-state index >= 15 is 0 Å². The van der Waals surface area contributed by atoms with Gasteiger partial charge < -0.3 is 39.0 Å². The van der Waals surface area contributed by atoms with Crippen LogP contribution in [0, 0.1) is 0 Å². The van der Waals surface area contributed by atoms with Gasteiger partial charge in [-0.05, 0) is 54.3 Å². The van der Waals surface area contributed by atoms with Crippen LogP contribution in [0.2, 0.25) is 0 Å². The van der Waals surface area contributed by atoms with Gasteiger partial charge in [-0.1, -0.05) is 24.3 Å². The molecule has 268 valence electrons. The van der Waals surface area contributed by atoms with Gasteiger partial charge >= 0.3 is 0 Å². The van der Waals surface area contributed by atoms with Crippen molar-refractivity contribution in [2.75, 3.05) is 58.4 Å². The van der Waals surface area contributed by atoms with E-state index in [-0.39, 0.29) is 37.1 Å². The minimum Gasteiger partial charge on any atom is -0.493 e. The Hall–Kier alpha value is -5.62. The molecule has 2 amide bonds. The van der Waals surface area contributed by atoms with Crippen LogP contribution in [0.25, 0.3) is 0 Å². The maximum Gasteiger partial charge on any atom is 0.257 e. The topological polar surface area (TPSA) is 118 Å². The number of nitrogens with one attached hydrogen (secondary N) is 1. The van der Waals surface area contributed by atoms with Gasteiger partial charge in [-0.15, -0.1) is 0 Å². The monoisotopic (exact) mass is 702 g/mol. The fourth-order valence-electron chi connectivity index (χ4n) is 7.55. The number of benzene rings is 3. The number of carbonyl (C=O) groups excluding carboxylic acids is 2. The largest absolute Gasteiger partial charge is 0.493 e. The van der Waals surface area contributed by atoms with E-state index in [4.69, 9.17) is 18.9 Å². The molecule has 5 aliphatic rings. The predicted molar refractivity (Wildman–Crippen MR) is 200 cm³/mol. The average molecular weight is 703 g/mol. The lowest BCUT2D eigenvalue weighted by atomic mass is 10.1. The van der Waals surface area contributed by atoms with Crippen LogP contribution >= 0.6 is 0 Å². The number of anilines is 1. The highest BCUT2D eigenvalue weighted by molar-refractivity contribution is 6.04. The molecule has 5 aliphatic heterocycles. The highest BCUT2D eigenvalue weighted by atomic mass is 16.5. The number of carbonyl (C=O) groups is 2. The first-order valence-corrected chi connectivity index (χ1v) is 17.6. The number of methoxy groups -OCH3 is 2. The van der Waals surface area contributed by atoms with E-state index in [1.54, 1.807) is 48.3 Å². The molecule has 0 aromatic heterocycles. The molecular weight excluding hydrogens is 660 g/mol. The number of rotatable bonds is 9. The molecule has 52 heavy (non-hydrogen) atoms. The van der Waals surface area contributed by atoms with Gasteiger partial charge in [0.05, 0.1) is 48.8 Å². The number of piperazine rings is 1. The van der Waals surface area contributed by atoms with E-state index in [9.17, 15) is 9.59 Å². The Labute approximate surface area is 303 Å². The maximum absolute atomic E-state index is 13.5. The Morgan fingerprint density at radius 1 is 0.692 bits per heavy atom. The number of ether oxygens (including phenoxy) is 4. The fraction of sp³-hybridized carbons (Fsp3) is 0.350. The van der Waals surface area contributed by atoms with Crippen molar-refractivity contribution in [1.29, 1.82) is 0 Å². The van der Waals surface area contributed by atoms with Gasteiger partial charge in [0.15, 0.2) is 23.0 Å². The summed E-state index contributed by atoms with van der Waals surface area (Å²) in [6.45, 7) is 13.2. The number of nitrogens with zero attached hydrogens (tertiary/aromatic N) is 5. The number of aliphatic imine (C=N–C) groups is 2. The van der Waals surface area contributed by atoms with Crippen molar-refractivity contribution in [3.63, 3.8) is 0 Å². The summed E-state index contributed by atoms with van der Waals surface area (Å²) in [5, 5.41) is 3.42. The number of hydrogen-bond donors (Lipinski definition) is 1. The molecule has 1 N–H and O–H groups in total. The van der Waals surface area contributed by atoms with Crippen LogP contribution in [0.5, 0.6) is 23.0 Å². The summed E-state index contributed by atoms with van der Waals surface area (Å²) in [6, 6.07) is 13.1. The van der Waals surface area contributed by atoms with Crippen molar-refractivity contribution < 1.29 is 28.5 Å². The van der Waals surface area contributed by atoms with Crippen LogP contribution in [0.4, 0.5) is 17.1 Å². The van der Waals surface area contributed by atoms with E-state index < -0.39 is 0 Å². The van der Waals surface area contributed by atoms with Crippen LogP contribution in [-0.2, 0) is 13.2 Å². The average Bonchev–Trinajstić information content (AvgIpc) is 3.67. The zero-order valence-electron chi connectivity index (χ0n) is 29.5. The molecule has 0 radical (unpaired) electrons. The zero-order valence-corrected chi connectivity index (χ0v) is 29.5. The maximum atomic E-state index is 13.5. The van der Waals surface area contributed by atoms with E-state index in [0.29, 0.717) is 71.4 Å². The van der Waals surface area contributed by atoms with E-state index in [0.717, 1.165) is 54.1 Å². The highest BCUT2D eigenvalue weighted by Gasteiger charge is 2.35. The predicted octanol–water partition coefficient (Wildman–Crippen LogP) is 5.24. The zero-order chi connectivity index (χ0) is 35.9. The summed E-state index contributed by atoms with van der Waals surface area (Å²) < 4.78 is 24.2. The van der Waals surface area contributed by atoms with Gasteiger partial charge in [0.1, 0.15) is 13.2 Å². The SMILES string of the molecule is C=C1C[C@H]2C=Nc3cc(OCc4cc(COc5cc6c(cc5OC)C(=O)N5CC(=C)C[C@H]5C=N6)cc(N5CCNCC5)c4)c(OC)cc3C(=O)N2C1. The van der Waals surface area contributed by atoms with Crippen LogP contribution in [0.3, 0.4) is 0 Å². The first-order valence-electron chi connectivity index (χ1n) is 17.6. The van der Waals surface area contributed by atoms with Crippen LogP contribution in [0.1, 0.15) is 44.7 Å². The summed E-state index contributed by atoms with van der Waals surface area (Å²) in [5.74, 6) is 1.73. The van der Waals surface area contributed by atoms with E-state index in [1.807, 2.05) is 12.4 Å². The molecule has 0 saturated carbocycles. The lowest BCUT2D eigenvalue weighted by Gasteiger charge is -2.30. The van der Waals surface area contributed by atoms with E-state index in [1.165, 1.54) is 0 Å². The molecule has 2 atom stereocenters. The van der Waals surface area contributed by atoms with Crippen molar-refractivity contribution in [2.24, 2.45) is 9.98 Å². The van der Waals surface area contributed by atoms with Crippen LogP contribution in [-0.4, -0.2) is 99.6 Å². The van der Waals surface area contributed by atoms with Gasteiger partial charge in [0, 0.05) is 69.5 Å². The van der Waals surface area contributed by atoms with Crippen LogP contribution in [0.15, 0.2) is 76.8 Å². The molecule has 12 nitrogen and oxygen atoms in total. The van der Waals surface area contributed by atoms with Gasteiger partial charge in [-0.2, -0.15) is 0 Å². The smallest absolute Gasteiger partial charge is 0.257 e. The molecule has 3 saturated heterocycles. The highest BCUT2D eigenvalue weighted by Crippen LogP contribution is 2.41. The van der Waals surface area contributed by atoms with E-state index in [2.05, 4.69) is 51.6 Å². The third-order valence-corrected chi connectivity index (χ3v) is 10.2. The molecule has 0 aliphatic carbocycles. The first kappa shape index (κ1) is 33.5. The van der Waals surface area contributed by atoms with Crippen molar-refractivity contribution >= 4 is 41.3 Å². The van der Waals surface area contributed by atoms with Crippen molar-refractivity contribution in [3.8, 4) is 23.0 Å².